The Bertz CT molecular complexity index is 912. The molecule has 0 aliphatic rings. The van der Waals surface area contributed by atoms with Gasteiger partial charge in [-0.3, -0.25) is 4.79 Å². The Morgan fingerprint density at radius 3 is 2.40 bits per heavy atom. The molecule has 0 bridgehead atoms. The van der Waals surface area contributed by atoms with E-state index in [2.05, 4.69) is 5.32 Å². The van der Waals surface area contributed by atoms with Crippen molar-refractivity contribution in [2.75, 3.05) is 19.4 Å². The molecule has 25 heavy (non-hydrogen) atoms. The Labute approximate surface area is 157 Å². The summed E-state index contributed by atoms with van der Waals surface area (Å²) in [6, 6.07) is 9.67. The summed E-state index contributed by atoms with van der Waals surface area (Å²) in [6.07, 6.45) is 0.0552. The van der Waals surface area contributed by atoms with E-state index in [9.17, 15) is 13.2 Å². The van der Waals surface area contributed by atoms with Crippen molar-refractivity contribution in [1.29, 1.82) is 0 Å². The number of sulfonamides is 1. The largest absolute Gasteiger partial charge is 0.326 e. The Hall–Kier alpha value is -1.60. The summed E-state index contributed by atoms with van der Waals surface area (Å²) in [4.78, 5) is 12.4. The molecule has 2 aromatic carbocycles. The second-order valence-corrected chi connectivity index (χ2v) is 8.69. The third-order valence-electron chi connectivity index (χ3n) is 3.60. The van der Waals surface area contributed by atoms with Gasteiger partial charge >= 0.3 is 0 Å². The van der Waals surface area contributed by atoms with E-state index in [-0.39, 0.29) is 17.2 Å². The SMILES string of the molecule is Cc1ccc(NC(=O)Cc2ccc(Cl)cc2Cl)cc1S(=O)(=O)N(C)C. The molecular weight excluding hydrogens is 383 g/mol. The molecule has 0 heterocycles. The smallest absolute Gasteiger partial charge is 0.242 e. The predicted molar refractivity (Wildman–Crippen MR) is 101 cm³/mol. The molecular formula is C17H18Cl2N2O3S. The van der Waals surface area contributed by atoms with Gasteiger partial charge in [-0.05, 0) is 42.3 Å². The second-order valence-electron chi connectivity index (χ2n) is 5.73. The van der Waals surface area contributed by atoms with Crippen molar-refractivity contribution in [3.8, 4) is 0 Å². The highest BCUT2D eigenvalue weighted by atomic mass is 35.5. The standard InChI is InChI=1S/C17H18Cl2N2O3S/c1-11-4-7-14(10-16(11)25(23,24)21(2)3)20-17(22)8-12-5-6-13(18)9-15(12)19/h4-7,9-10H,8H2,1-3H3,(H,20,22). The lowest BCUT2D eigenvalue weighted by molar-refractivity contribution is -0.115. The molecule has 2 aromatic rings. The average molecular weight is 401 g/mol. The fraction of sp³-hybridized carbons (Fsp3) is 0.235. The summed E-state index contributed by atoms with van der Waals surface area (Å²) in [5.41, 5.74) is 1.64. The molecule has 8 heteroatoms. The van der Waals surface area contributed by atoms with E-state index < -0.39 is 10.0 Å². The summed E-state index contributed by atoms with van der Waals surface area (Å²) < 4.78 is 25.8. The van der Waals surface area contributed by atoms with Crippen LogP contribution in [-0.2, 0) is 21.2 Å². The number of rotatable bonds is 5. The number of nitrogens with zero attached hydrogens (tertiary/aromatic N) is 1. The van der Waals surface area contributed by atoms with Crippen LogP contribution < -0.4 is 5.32 Å². The van der Waals surface area contributed by atoms with Crippen LogP contribution in [-0.4, -0.2) is 32.7 Å². The van der Waals surface area contributed by atoms with Gasteiger partial charge in [0.2, 0.25) is 15.9 Å². The first-order chi connectivity index (χ1) is 11.6. The van der Waals surface area contributed by atoms with Gasteiger partial charge in [0.1, 0.15) is 0 Å². The van der Waals surface area contributed by atoms with E-state index >= 15 is 0 Å². The van der Waals surface area contributed by atoms with E-state index in [1.54, 1.807) is 37.3 Å². The first-order valence-electron chi connectivity index (χ1n) is 7.38. The molecule has 2 rings (SSSR count). The number of halogens is 2. The maximum atomic E-state index is 12.3. The fourth-order valence-electron chi connectivity index (χ4n) is 2.20. The van der Waals surface area contributed by atoms with Crippen molar-refractivity contribution in [2.45, 2.75) is 18.2 Å². The number of carbonyl (C=O) groups excluding carboxylic acids is 1. The number of hydrogen-bond donors (Lipinski definition) is 1. The lowest BCUT2D eigenvalue weighted by Crippen LogP contribution is -2.23. The van der Waals surface area contributed by atoms with Gasteiger partial charge in [0.25, 0.3) is 0 Å². The van der Waals surface area contributed by atoms with Gasteiger partial charge < -0.3 is 5.32 Å². The second kappa shape index (κ2) is 7.74. The molecule has 0 fully saturated rings. The molecule has 1 amide bonds. The maximum absolute atomic E-state index is 12.3. The quantitative estimate of drug-likeness (QED) is 0.830. The number of anilines is 1. The molecule has 0 aromatic heterocycles. The number of amides is 1. The molecule has 0 spiro atoms. The zero-order valence-electron chi connectivity index (χ0n) is 14.0. The predicted octanol–water partition coefficient (Wildman–Crippen LogP) is 3.73. The van der Waals surface area contributed by atoms with Crippen molar-refractivity contribution in [3.05, 3.63) is 57.6 Å². The van der Waals surface area contributed by atoms with Crippen LogP contribution >= 0.6 is 23.2 Å². The van der Waals surface area contributed by atoms with Crippen LogP contribution in [0.2, 0.25) is 10.0 Å². The Morgan fingerprint density at radius 2 is 1.80 bits per heavy atom. The molecule has 0 aliphatic heterocycles. The van der Waals surface area contributed by atoms with Gasteiger partial charge in [0, 0.05) is 29.8 Å². The van der Waals surface area contributed by atoms with Crippen LogP contribution in [0.15, 0.2) is 41.3 Å². The summed E-state index contributed by atoms with van der Waals surface area (Å²) in [5, 5.41) is 3.59. The number of hydrogen-bond acceptors (Lipinski definition) is 3. The summed E-state index contributed by atoms with van der Waals surface area (Å²) in [5.74, 6) is -0.304. The van der Waals surface area contributed by atoms with Crippen LogP contribution in [0.3, 0.4) is 0 Å². The van der Waals surface area contributed by atoms with Gasteiger partial charge in [-0.1, -0.05) is 35.3 Å². The van der Waals surface area contributed by atoms with Gasteiger partial charge in [0.05, 0.1) is 11.3 Å². The van der Waals surface area contributed by atoms with Crippen molar-refractivity contribution < 1.29 is 13.2 Å². The molecule has 0 radical (unpaired) electrons. The molecule has 0 atom stereocenters. The monoisotopic (exact) mass is 400 g/mol. The van der Waals surface area contributed by atoms with Crippen molar-refractivity contribution in [2.24, 2.45) is 0 Å². The van der Waals surface area contributed by atoms with Gasteiger partial charge in [-0.15, -0.1) is 0 Å². The first-order valence-corrected chi connectivity index (χ1v) is 9.58. The molecule has 0 aliphatic carbocycles. The van der Waals surface area contributed by atoms with E-state index in [1.165, 1.54) is 20.2 Å². The summed E-state index contributed by atoms with van der Waals surface area (Å²) in [7, 11) is -0.668. The molecule has 0 saturated heterocycles. The number of benzene rings is 2. The number of carbonyl (C=O) groups is 1. The average Bonchev–Trinajstić information content (AvgIpc) is 2.51. The normalized spacial score (nSPS) is 11.6. The number of aryl methyl sites for hydroxylation is 1. The van der Waals surface area contributed by atoms with Crippen LogP contribution in [0.25, 0.3) is 0 Å². The maximum Gasteiger partial charge on any atom is 0.242 e. The third-order valence-corrected chi connectivity index (χ3v) is 6.14. The molecule has 134 valence electrons. The molecule has 0 saturated carbocycles. The van der Waals surface area contributed by atoms with Gasteiger partial charge in [-0.2, -0.15) is 0 Å². The lowest BCUT2D eigenvalue weighted by atomic mass is 10.1. The molecule has 5 nitrogen and oxygen atoms in total. The van der Waals surface area contributed by atoms with Crippen molar-refractivity contribution in [1.82, 2.24) is 4.31 Å². The fourth-order valence-corrected chi connectivity index (χ4v) is 3.82. The summed E-state index contributed by atoms with van der Waals surface area (Å²) >= 11 is 11.9. The van der Waals surface area contributed by atoms with Crippen LogP contribution in [0.5, 0.6) is 0 Å². The van der Waals surface area contributed by atoms with Crippen LogP contribution in [0.4, 0.5) is 5.69 Å². The van der Waals surface area contributed by atoms with E-state index in [0.29, 0.717) is 26.9 Å². The van der Waals surface area contributed by atoms with Crippen LogP contribution in [0.1, 0.15) is 11.1 Å². The highest BCUT2D eigenvalue weighted by molar-refractivity contribution is 7.89. The summed E-state index contributed by atoms with van der Waals surface area (Å²) in [6.45, 7) is 1.70. The lowest BCUT2D eigenvalue weighted by Gasteiger charge is -2.15. The number of nitrogens with one attached hydrogen (secondary N) is 1. The van der Waals surface area contributed by atoms with E-state index in [1.807, 2.05) is 0 Å². The zero-order valence-corrected chi connectivity index (χ0v) is 16.3. The van der Waals surface area contributed by atoms with Gasteiger partial charge in [-0.25, -0.2) is 12.7 Å². The minimum atomic E-state index is -3.59. The van der Waals surface area contributed by atoms with E-state index in [4.69, 9.17) is 23.2 Å². The highest BCUT2D eigenvalue weighted by Gasteiger charge is 2.20. The zero-order chi connectivity index (χ0) is 18.8. The van der Waals surface area contributed by atoms with E-state index in [0.717, 1.165) is 4.31 Å². The van der Waals surface area contributed by atoms with Crippen molar-refractivity contribution in [3.63, 3.8) is 0 Å². The molecule has 1 N–H and O–H groups in total. The first kappa shape index (κ1) is 19.7. The third kappa shape index (κ3) is 4.73. The topological polar surface area (TPSA) is 66.5 Å². The van der Waals surface area contributed by atoms with Crippen molar-refractivity contribution >= 4 is 44.8 Å². The highest BCUT2D eigenvalue weighted by Crippen LogP contribution is 2.24. The van der Waals surface area contributed by atoms with Gasteiger partial charge in [0.15, 0.2) is 0 Å². The molecule has 0 unspecified atom stereocenters. The Morgan fingerprint density at radius 1 is 1.12 bits per heavy atom. The minimum Gasteiger partial charge on any atom is -0.326 e. The Kier molecular flexibility index (Phi) is 6.11. The van der Waals surface area contributed by atoms with Crippen LogP contribution in [0, 0.1) is 6.92 Å². The minimum absolute atomic E-state index is 0.0552. The Balaban J connectivity index is 2.22.